The number of alkyl halides is 3. The van der Waals surface area contributed by atoms with Crippen molar-refractivity contribution in [3.8, 4) is 6.07 Å². The van der Waals surface area contributed by atoms with E-state index >= 15 is 0 Å². The number of hydrogen-bond acceptors (Lipinski definition) is 9. The van der Waals surface area contributed by atoms with E-state index in [2.05, 4.69) is 15.3 Å². The Morgan fingerprint density at radius 1 is 1.40 bits per heavy atom. The summed E-state index contributed by atoms with van der Waals surface area (Å²) < 4.78 is 49.3. The second-order valence-electron chi connectivity index (χ2n) is 5.84. The minimum Gasteiger partial charge on any atom is -0.462 e. The van der Waals surface area contributed by atoms with E-state index in [1.807, 2.05) is 6.07 Å². The predicted molar refractivity (Wildman–Crippen MR) is 107 cm³/mol. The molecule has 0 bridgehead atoms. The molecule has 30 heavy (non-hydrogen) atoms. The molecule has 0 radical (unpaired) electrons. The first-order valence-electron chi connectivity index (χ1n) is 8.72. The summed E-state index contributed by atoms with van der Waals surface area (Å²) in [5, 5.41) is 12.7. The Labute approximate surface area is 179 Å². The lowest BCUT2D eigenvalue weighted by atomic mass is 10.1. The van der Waals surface area contributed by atoms with Crippen molar-refractivity contribution in [3.63, 3.8) is 0 Å². The summed E-state index contributed by atoms with van der Waals surface area (Å²) in [6.45, 7) is 4.15. The van der Waals surface area contributed by atoms with Crippen LogP contribution < -0.4 is 5.32 Å². The third-order valence-corrected chi connectivity index (χ3v) is 5.69. The number of pyridine rings is 1. The summed E-state index contributed by atoms with van der Waals surface area (Å²) >= 11 is 1.99. The molecule has 0 aliphatic rings. The molecule has 0 aliphatic heterocycles. The highest BCUT2D eigenvalue weighted by molar-refractivity contribution is 7.98. The number of anilines is 1. The SMILES string of the molecule is CCOC(=O)c1sc(NCCOC)nc1CSc1nc(C(F)(F)F)cc(C)c1C#N. The van der Waals surface area contributed by atoms with E-state index in [9.17, 15) is 23.2 Å². The minimum absolute atomic E-state index is 0.0407. The number of carbonyl (C=O) groups is 1. The van der Waals surface area contributed by atoms with Crippen molar-refractivity contribution < 1.29 is 27.4 Å². The molecule has 2 aromatic rings. The summed E-state index contributed by atoms with van der Waals surface area (Å²) in [5.74, 6) is -0.530. The highest BCUT2D eigenvalue weighted by atomic mass is 32.2. The molecule has 0 saturated heterocycles. The van der Waals surface area contributed by atoms with Crippen molar-refractivity contribution in [2.45, 2.75) is 30.8 Å². The molecule has 0 aliphatic carbocycles. The summed E-state index contributed by atoms with van der Waals surface area (Å²) in [4.78, 5) is 20.5. The fraction of sp³-hybridized carbons (Fsp3) is 0.444. The number of thiazole rings is 1. The lowest BCUT2D eigenvalue weighted by Crippen LogP contribution is -2.10. The van der Waals surface area contributed by atoms with E-state index in [1.54, 1.807) is 14.0 Å². The average Bonchev–Trinajstić information content (AvgIpc) is 3.09. The fourth-order valence-corrected chi connectivity index (χ4v) is 4.30. The topological polar surface area (TPSA) is 97.1 Å². The number of methoxy groups -OCH3 is 1. The number of nitrogens with one attached hydrogen (secondary N) is 1. The molecule has 0 fully saturated rings. The molecule has 1 N–H and O–H groups in total. The number of hydrogen-bond donors (Lipinski definition) is 1. The zero-order valence-corrected chi connectivity index (χ0v) is 18.1. The van der Waals surface area contributed by atoms with Crippen molar-refractivity contribution in [1.82, 2.24) is 9.97 Å². The van der Waals surface area contributed by atoms with Crippen LogP contribution in [-0.4, -0.2) is 42.8 Å². The Morgan fingerprint density at radius 3 is 2.73 bits per heavy atom. The van der Waals surface area contributed by atoms with E-state index in [0.29, 0.717) is 24.0 Å². The van der Waals surface area contributed by atoms with Crippen molar-refractivity contribution in [2.75, 3.05) is 32.2 Å². The number of nitriles is 1. The Bertz CT molecular complexity index is 942. The first-order chi connectivity index (χ1) is 14.2. The maximum Gasteiger partial charge on any atom is 0.433 e. The van der Waals surface area contributed by atoms with Crippen LogP contribution >= 0.6 is 23.1 Å². The van der Waals surface area contributed by atoms with Crippen LogP contribution in [0.3, 0.4) is 0 Å². The van der Waals surface area contributed by atoms with Crippen molar-refractivity contribution in [2.24, 2.45) is 0 Å². The van der Waals surface area contributed by atoms with Gasteiger partial charge in [0.2, 0.25) is 0 Å². The molecule has 0 amide bonds. The second kappa shape index (κ2) is 10.6. The summed E-state index contributed by atoms with van der Waals surface area (Å²) in [5.41, 5.74) is -0.510. The number of nitrogens with zero attached hydrogens (tertiary/aromatic N) is 3. The van der Waals surface area contributed by atoms with Crippen molar-refractivity contribution >= 4 is 34.2 Å². The molecule has 0 unspecified atom stereocenters. The third-order valence-electron chi connectivity index (χ3n) is 3.67. The molecular weight excluding hydrogens is 441 g/mol. The number of aromatic nitrogens is 2. The maximum absolute atomic E-state index is 13.1. The monoisotopic (exact) mass is 460 g/mol. The van der Waals surface area contributed by atoms with Gasteiger partial charge in [-0.15, -0.1) is 0 Å². The van der Waals surface area contributed by atoms with Crippen LogP contribution in [0, 0.1) is 18.3 Å². The summed E-state index contributed by atoms with van der Waals surface area (Å²) in [7, 11) is 1.55. The fourth-order valence-electron chi connectivity index (χ4n) is 2.31. The van der Waals surface area contributed by atoms with E-state index in [1.165, 1.54) is 6.92 Å². The number of rotatable bonds is 9. The Hall–Kier alpha value is -2.36. The molecule has 12 heteroatoms. The van der Waals surface area contributed by atoms with Crippen molar-refractivity contribution in [3.05, 3.63) is 33.5 Å². The van der Waals surface area contributed by atoms with Gasteiger partial charge in [-0.05, 0) is 25.5 Å². The van der Waals surface area contributed by atoms with Crippen LogP contribution in [0.15, 0.2) is 11.1 Å². The van der Waals surface area contributed by atoms with E-state index in [0.717, 1.165) is 29.2 Å². The molecule has 0 spiro atoms. The lowest BCUT2D eigenvalue weighted by Gasteiger charge is -2.11. The smallest absolute Gasteiger partial charge is 0.433 e. The van der Waals surface area contributed by atoms with Crippen LogP contribution in [0.5, 0.6) is 0 Å². The lowest BCUT2D eigenvalue weighted by molar-refractivity contribution is -0.141. The number of carbonyl (C=O) groups excluding carboxylic acids is 1. The van der Waals surface area contributed by atoms with Gasteiger partial charge in [0.05, 0.1) is 24.5 Å². The van der Waals surface area contributed by atoms with Gasteiger partial charge in [-0.2, -0.15) is 18.4 Å². The molecule has 2 aromatic heterocycles. The van der Waals surface area contributed by atoms with Gasteiger partial charge in [0.15, 0.2) is 5.13 Å². The normalized spacial score (nSPS) is 11.2. The highest BCUT2D eigenvalue weighted by Gasteiger charge is 2.34. The standard InChI is InChI=1S/C18H19F3N4O3S2/c1-4-28-16(26)14-12(24-17(30-14)23-5-6-27-3)9-29-15-11(8-22)10(2)7-13(25-15)18(19,20)21/h7H,4-6,9H2,1-3H3,(H,23,24). The van der Waals surface area contributed by atoms with Gasteiger partial charge in [-0.1, -0.05) is 23.1 Å². The molecule has 2 heterocycles. The van der Waals surface area contributed by atoms with E-state index in [4.69, 9.17) is 9.47 Å². The Kier molecular flexibility index (Phi) is 8.45. The number of ether oxygens (including phenoxy) is 2. The van der Waals surface area contributed by atoms with Gasteiger partial charge in [0.1, 0.15) is 21.7 Å². The van der Waals surface area contributed by atoms with Crippen LogP contribution in [0.25, 0.3) is 0 Å². The van der Waals surface area contributed by atoms with Gasteiger partial charge in [-0.25, -0.2) is 14.8 Å². The quantitative estimate of drug-likeness (QED) is 0.337. The number of aryl methyl sites for hydroxylation is 1. The summed E-state index contributed by atoms with van der Waals surface area (Å²) in [6.07, 6.45) is -4.64. The average molecular weight is 461 g/mol. The van der Waals surface area contributed by atoms with Gasteiger partial charge in [-0.3, -0.25) is 0 Å². The molecule has 2 rings (SSSR count). The molecule has 7 nitrogen and oxygen atoms in total. The first kappa shape index (κ1) is 23.9. The predicted octanol–water partition coefficient (Wildman–Crippen LogP) is 4.26. The molecule has 0 aromatic carbocycles. The van der Waals surface area contributed by atoms with Crippen LogP contribution in [0.4, 0.5) is 18.3 Å². The van der Waals surface area contributed by atoms with E-state index < -0.39 is 17.8 Å². The zero-order valence-electron chi connectivity index (χ0n) is 16.4. The molecule has 0 saturated carbocycles. The van der Waals surface area contributed by atoms with Gasteiger partial charge in [0.25, 0.3) is 0 Å². The van der Waals surface area contributed by atoms with Crippen molar-refractivity contribution in [1.29, 1.82) is 5.26 Å². The summed E-state index contributed by atoms with van der Waals surface area (Å²) in [6, 6.07) is 2.73. The second-order valence-corrected chi connectivity index (χ2v) is 7.80. The number of esters is 1. The molecular formula is C18H19F3N4O3S2. The third kappa shape index (κ3) is 6.07. The minimum atomic E-state index is -4.64. The van der Waals surface area contributed by atoms with Gasteiger partial charge < -0.3 is 14.8 Å². The van der Waals surface area contributed by atoms with Crippen LogP contribution in [-0.2, 0) is 21.4 Å². The number of halogens is 3. The largest absolute Gasteiger partial charge is 0.462 e. The molecule has 162 valence electrons. The zero-order chi connectivity index (χ0) is 22.3. The van der Waals surface area contributed by atoms with E-state index in [-0.39, 0.29) is 33.4 Å². The van der Waals surface area contributed by atoms with Gasteiger partial charge >= 0.3 is 12.1 Å². The maximum atomic E-state index is 13.1. The first-order valence-corrected chi connectivity index (χ1v) is 10.5. The highest BCUT2D eigenvalue weighted by Crippen LogP contribution is 2.35. The Morgan fingerprint density at radius 2 is 2.13 bits per heavy atom. The van der Waals surface area contributed by atoms with Crippen LogP contribution in [0.2, 0.25) is 0 Å². The van der Waals surface area contributed by atoms with Gasteiger partial charge in [0, 0.05) is 19.4 Å². The number of thioether (sulfide) groups is 1. The molecule has 0 atom stereocenters. The Balaban J connectivity index is 2.32. The van der Waals surface area contributed by atoms with Crippen LogP contribution in [0.1, 0.15) is 39.1 Å².